The third kappa shape index (κ3) is 2.63. The molecule has 0 spiro atoms. The SMILES string of the molecule is Cc1ccsc1-c1nnc(NCc2cccnc2)o1. The maximum Gasteiger partial charge on any atom is 0.316 e. The molecular weight excluding hydrogens is 260 g/mol. The van der Waals surface area contributed by atoms with Crippen molar-refractivity contribution in [2.75, 3.05) is 5.32 Å². The molecule has 3 heterocycles. The minimum Gasteiger partial charge on any atom is -0.402 e. The summed E-state index contributed by atoms with van der Waals surface area (Å²) in [5.74, 6) is 0.557. The Morgan fingerprint density at radius 1 is 1.32 bits per heavy atom. The normalized spacial score (nSPS) is 10.6. The van der Waals surface area contributed by atoms with Gasteiger partial charge in [-0.05, 0) is 35.6 Å². The summed E-state index contributed by atoms with van der Waals surface area (Å²) < 4.78 is 5.59. The molecular formula is C13H12N4OS. The number of hydrogen-bond donors (Lipinski definition) is 1. The number of anilines is 1. The third-order valence-corrected chi connectivity index (χ3v) is 3.65. The van der Waals surface area contributed by atoms with Crippen molar-refractivity contribution in [1.82, 2.24) is 15.2 Å². The molecule has 1 N–H and O–H groups in total. The number of hydrogen-bond acceptors (Lipinski definition) is 6. The Morgan fingerprint density at radius 3 is 3.00 bits per heavy atom. The number of nitrogens with zero attached hydrogens (tertiary/aromatic N) is 3. The fraction of sp³-hybridized carbons (Fsp3) is 0.154. The van der Waals surface area contributed by atoms with Crippen LogP contribution in [0.2, 0.25) is 0 Å². The lowest BCUT2D eigenvalue weighted by molar-refractivity contribution is 0.582. The van der Waals surface area contributed by atoms with Crippen molar-refractivity contribution in [3.05, 3.63) is 47.1 Å². The molecule has 3 aromatic rings. The number of thiophene rings is 1. The number of aromatic nitrogens is 3. The van der Waals surface area contributed by atoms with E-state index < -0.39 is 0 Å². The first-order chi connectivity index (χ1) is 9.33. The highest BCUT2D eigenvalue weighted by Gasteiger charge is 2.11. The second-order valence-electron chi connectivity index (χ2n) is 4.06. The molecule has 6 heteroatoms. The summed E-state index contributed by atoms with van der Waals surface area (Å²) in [5.41, 5.74) is 2.21. The maximum absolute atomic E-state index is 5.59. The molecule has 0 amide bonds. The lowest BCUT2D eigenvalue weighted by atomic mass is 10.3. The van der Waals surface area contributed by atoms with Gasteiger partial charge in [0.1, 0.15) is 0 Å². The first kappa shape index (κ1) is 11.9. The quantitative estimate of drug-likeness (QED) is 0.790. The van der Waals surface area contributed by atoms with E-state index >= 15 is 0 Å². The molecule has 5 nitrogen and oxygen atoms in total. The molecule has 3 aromatic heterocycles. The molecule has 0 bridgehead atoms. The van der Waals surface area contributed by atoms with Crippen LogP contribution in [0.3, 0.4) is 0 Å². The zero-order valence-corrected chi connectivity index (χ0v) is 11.1. The van der Waals surface area contributed by atoms with Crippen molar-refractivity contribution < 1.29 is 4.42 Å². The second kappa shape index (κ2) is 5.19. The molecule has 0 saturated carbocycles. The lowest BCUT2D eigenvalue weighted by Gasteiger charge is -1.99. The number of pyridine rings is 1. The first-order valence-corrected chi connectivity index (χ1v) is 6.71. The van der Waals surface area contributed by atoms with Crippen molar-refractivity contribution in [3.63, 3.8) is 0 Å². The molecule has 0 aliphatic carbocycles. The van der Waals surface area contributed by atoms with Crippen molar-refractivity contribution in [2.45, 2.75) is 13.5 Å². The van der Waals surface area contributed by atoms with Gasteiger partial charge in [-0.3, -0.25) is 4.98 Å². The minimum atomic E-state index is 0.423. The lowest BCUT2D eigenvalue weighted by Crippen LogP contribution is -1.99. The number of nitrogens with one attached hydrogen (secondary N) is 1. The maximum atomic E-state index is 5.59. The minimum absolute atomic E-state index is 0.423. The predicted molar refractivity (Wildman–Crippen MR) is 73.9 cm³/mol. The van der Waals surface area contributed by atoms with Gasteiger partial charge in [-0.2, -0.15) is 0 Å². The van der Waals surface area contributed by atoms with Crippen molar-refractivity contribution in [3.8, 4) is 10.8 Å². The van der Waals surface area contributed by atoms with E-state index in [2.05, 4.69) is 20.5 Å². The van der Waals surface area contributed by atoms with Crippen molar-refractivity contribution in [1.29, 1.82) is 0 Å². The van der Waals surface area contributed by atoms with Crippen LogP contribution < -0.4 is 5.32 Å². The van der Waals surface area contributed by atoms with Crippen LogP contribution >= 0.6 is 11.3 Å². The van der Waals surface area contributed by atoms with E-state index in [9.17, 15) is 0 Å². The van der Waals surface area contributed by atoms with Gasteiger partial charge in [0.05, 0.1) is 4.88 Å². The summed E-state index contributed by atoms with van der Waals surface area (Å²) in [6.45, 7) is 2.64. The van der Waals surface area contributed by atoms with E-state index in [1.165, 1.54) is 0 Å². The van der Waals surface area contributed by atoms with E-state index in [-0.39, 0.29) is 0 Å². The average Bonchev–Trinajstić information content (AvgIpc) is 3.06. The van der Waals surface area contributed by atoms with Crippen LogP contribution in [0.1, 0.15) is 11.1 Å². The zero-order chi connectivity index (χ0) is 13.1. The Kier molecular flexibility index (Phi) is 3.24. The summed E-state index contributed by atoms with van der Waals surface area (Å²) in [7, 11) is 0. The van der Waals surface area contributed by atoms with Gasteiger partial charge in [0.2, 0.25) is 0 Å². The molecule has 0 aliphatic heterocycles. The Morgan fingerprint density at radius 2 is 2.26 bits per heavy atom. The van der Waals surface area contributed by atoms with Crippen LogP contribution in [0.5, 0.6) is 0 Å². The van der Waals surface area contributed by atoms with Gasteiger partial charge in [0.25, 0.3) is 5.89 Å². The molecule has 0 aromatic carbocycles. The van der Waals surface area contributed by atoms with Crippen LogP contribution in [-0.2, 0) is 6.54 Å². The van der Waals surface area contributed by atoms with Gasteiger partial charge >= 0.3 is 6.01 Å². The predicted octanol–water partition coefficient (Wildman–Crippen LogP) is 3.11. The van der Waals surface area contributed by atoms with E-state index in [1.54, 1.807) is 23.7 Å². The van der Waals surface area contributed by atoms with E-state index in [1.807, 2.05) is 30.5 Å². The standard InChI is InChI=1S/C13H12N4OS/c1-9-4-6-19-11(9)12-16-17-13(18-12)15-8-10-3-2-5-14-7-10/h2-7H,8H2,1H3,(H,15,17). The summed E-state index contributed by atoms with van der Waals surface area (Å²) >= 11 is 1.60. The molecule has 19 heavy (non-hydrogen) atoms. The van der Waals surface area contributed by atoms with Gasteiger partial charge in [-0.15, -0.1) is 16.4 Å². The monoisotopic (exact) mass is 272 g/mol. The molecule has 0 aliphatic rings. The van der Waals surface area contributed by atoms with Crippen LogP contribution in [0.4, 0.5) is 6.01 Å². The largest absolute Gasteiger partial charge is 0.402 e. The first-order valence-electron chi connectivity index (χ1n) is 5.83. The second-order valence-corrected chi connectivity index (χ2v) is 4.98. The zero-order valence-electron chi connectivity index (χ0n) is 10.3. The van der Waals surface area contributed by atoms with E-state index in [0.717, 1.165) is 16.0 Å². The molecule has 0 unspecified atom stereocenters. The molecule has 0 atom stereocenters. The Balaban J connectivity index is 1.71. The molecule has 0 radical (unpaired) electrons. The van der Waals surface area contributed by atoms with E-state index in [4.69, 9.17) is 4.42 Å². The molecule has 0 saturated heterocycles. The summed E-state index contributed by atoms with van der Waals surface area (Å²) in [5, 5.41) is 13.1. The van der Waals surface area contributed by atoms with Gasteiger partial charge in [-0.25, -0.2) is 0 Å². The smallest absolute Gasteiger partial charge is 0.316 e. The van der Waals surface area contributed by atoms with Crippen molar-refractivity contribution in [2.24, 2.45) is 0 Å². The van der Waals surface area contributed by atoms with Crippen LogP contribution in [0.25, 0.3) is 10.8 Å². The fourth-order valence-electron chi connectivity index (χ4n) is 1.66. The van der Waals surface area contributed by atoms with Gasteiger partial charge in [0.15, 0.2) is 0 Å². The highest BCUT2D eigenvalue weighted by molar-refractivity contribution is 7.13. The topological polar surface area (TPSA) is 63.8 Å². The fourth-order valence-corrected chi connectivity index (χ4v) is 2.50. The van der Waals surface area contributed by atoms with Crippen LogP contribution in [0.15, 0.2) is 40.4 Å². The Labute approximate surface area is 114 Å². The molecule has 96 valence electrons. The molecule has 0 fully saturated rings. The number of rotatable bonds is 4. The summed E-state index contributed by atoms with van der Waals surface area (Å²) in [4.78, 5) is 5.07. The molecule has 3 rings (SSSR count). The van der Waals surface area contributed by atoms with Crippen molar-refractivity contribution >= 4 is 17.4 Å². The number of aryl methyl sites for hydroxylation is 1. The third-order valence-electron chi connectivity index (χ3n) is 2.65. The van der Waals surface area contributed by atoms with Gasteiger partial charge in [-0.1, -0.05) is 11.2 Å². The highest BCUT2D eigenvalue weighted by Crippen LogP contribution is 2.28. The Hall–Kier alpha value is -2.21. The average molecular weight is 272 g/mol. The van der Waals surface area contributed by atoms with E-state index in [0.29, 0.717) is 18.5 Å². The van der Waals surface area contributed by atoms with Gasteiger partial charge in [0, 0.05) is 18.9 Å². The van der Waals surface area contributed by atoms with Crippen LogP contribution in [-0.4, -0.2) is 15.2 Å². The Bertz CT molecular complexity index is 662. The summed E-state index contributed by atoms with van der Waals surface area (Å²) in [6.07, 6.45) is 3.54. The highest BCUT2D eigenvalue weighted by atomic mass is 32.1. The van der Waals surface area contributed by atoms with Gasteiger partial charge < -0.3 is 9.73 Å². The van der Waals surface area contributed by atoms with Crippen LogP contribution in [0, 0.1) is 6.92 Å². The summed E-state index contributed by atoms with van der Waals surface area (Å²) in [6, 6.07) is 6.34.